The molecule has 6 nitrogen and oxygen atoms in total. The van der Waals surface area contributed by atoms with Gasteiger partial charge in [-0.3, -0.25) is 14.5 Å². The lowest BCUT2D eigenvalue weighted by atomic mass is 9.93. The fourth-order valence-electron chi connectivity index (χ4n) is 4.30. The zero-order valence-electron chi connectivity index (χ0n) is 18.6. The van der Waals surface area contributed by atoms with Crippen LogP contribution < -0.4 is 4.90 Å². The number of nitrogens with one attached hydrogen (secondary N) is 1. The molecule has 1 aromatic heterocycles. The number of benzene rings is 3. The molecule has 6 heteroatoms. The molecule has 3 aromatic carbocycles. The van der Waals surface area contributed by atoms with Crippen molar-refractivity contribution in [1.29, 1.82) is 0 Å². The average Bonchev–Trinajstić information content (AvgIpc) is 3.34. The van der Waals surface area contributed by atoms with Crippen molar-refractivity contribution in [2.75, 3.05) is 4.90 Å². The van der Waals surface area contributed by atoms with Crippen LogP contribution in [0.3, 0.4) is 0 Å². The van der Waals surface area contributed by atoms with Gasteiger partial charge in [0, 0.05) is 5.56 Å². The normalized spacial score (nSPS) is 17.8. The molecule has 5 rings (SSSR count). The van der Waals surface area contributed by atoms with Crippen molar-refractivity contribution in [3.8, 4) is 0 Å². The van der Waals surface area contributed by atoms with Gasteiger partial charge < -0.3 is 10.1 Å². The largest absolute Gasteiger partial charge is 0.507 e. The summed E-state index contributed by atoms with van der Waals surface area (Å²) in [4.78, 5) is 35.6. The van der Waals surface area contributed by atoms with Crippen LogP contribution >= 0.6 is 0 Å². The molecule has 2 N–H and O–H groups in total. The third-order valence-electron chi connectivity index (χ3n) is 6.19. The topological polar surface area (TPSA) is 86.3 Å². The Morgan fingerprint density at radius 3 is 2.45 bits per heavy atom. The van der Waals surface area contributed by atoms with Gasteiger partial charge in [-0.15, -0.1) is 0 Å². The van der Waals surface area contributed by atoms with Gasteiger partial charge in [0.05, 0.1) is 22.6 Å². The monoisotopic (exact) mass is 437 g/mol. The molecule has 1 aliphatic heterocycles. The summed E-state index contributed by atoms with van der Waals surface area (Å²) in [5, 5.41) is 11.3. The number of rotatable bonds is 3. The van der Waals surface area contributed by atoms with Crippen LogP contribution in [0.5, 0.6) is 0 Å². The summed E-state index contributed by atoms with van der Waals surface area (Å²) < 4.78 is 0. The lowest BCUT2D eigenvalue weighted by molar-refractivity contribution is -0.132. The summed E-state index contributed by atoms with van der Waals surface area (Å²) in [6.45, 7) is 5.86. The van der Waals surface area contributed by atoms with Gasteiger partial charge in [0.25, 0.3) is 5.78 Å². The quantitative estimate of drug-likeness (QED) is 0.265. The lowest BCUT2D eigenvalue weighted by Gasteiger charge is -2.23. The predicted molar refractivity (Wildman–Crippen MR) is 128 cm³/mol. The highest BCUT2D eigenvalue weighted by Gasteiger charge is 2.48. The van der Waals surface area contributed by atoms with Crippen molar-refractivity contribution < 1.29 is 14.7 Å². The Balaban J connectivity index is 1.75. The molecule has 1 unspecified atom stereocenters. The molecule has 1 amide bonds. The van der Waals surface area contributed by atoms with E-state index in [1.807, 2.05) is 81.4 Å². The fraction of sp³-hybridized carbons (Fsp3) is 0.148. The molecule has 0 radical (unpaired) electrons. The van der Waals surface area contributed by atoms with Crippen molar-refractivity contribution in [2.24, 2.45) is 0 Å². The first-order valence-electron chi connectivity index (χ1n) is 10.7. The van der Waals surface area contributed by atoms with Crippen molar-refractivity contribution in [1.82, 2.24) is 9.97 Å². The molecule has 164 valence electrons. The Bertz CT molecular complexity index is 1430. The maximum absolute atomic E-state index is 13.3. The molecule has 4 aromatic rings. The average molecular weight is 437 g/mol. The number of nitrogens with zero attached hydrogens (tertiary/aromatic N) is 2. The maximum Gasteiger partial charge on any atom is 0.302 e. The molecule has 0 bridgehead atoms. The molecule has 1 fully saturated rings. The third kappa shape index (κ3) is 3.40. The first-order chi connectivity index (χ1) is 15.8. The second-order valence-electron chi connectivity index (χ2n) is 8.46. The van der Waals surface area contributed by atoms with Gasteiger partial charge in [-0.1, -0.05) is 54.1 Å². The summed E-state index contributed by atoms with van der Waals surface area (Å²) in [5.41, 5.74) is 5.75. The Kier molecular flexibility index (Phi) is 4.86. The molecule has 33 heavy (non-hydrogen) atoms. The van der Waals surface area contributed by atoms with E-state index in [1.165, 1.54) is 4.90 Å². The highest BCUT2D eigenvalue weighted by atomic mass is 16.3. The number of Topliss-reactive ketones (excluding diaryl/α,β-unsaturated/α-hetero) is 1. The van der Waals surface area contributed by atoms with E-state index < -0.39 is 17.7 Å². The van der Waals surface area contributed by atoms with Crippen molar-refractivity contribution in [2.45, 2.75) is 26.8 Å². The number of anilines is 1. The number of aromatic nitrogens is 2. The molecule has 1 aliphatic rings. The summed E-state index contributed by atoms with van der Waals surface area (Å²) in [6.07, 6.45) is 0. The number of amides is 1. The first kappa shape index (κ1) is 20.7. The molecule has 1 atom stereocenters. The number of imidazole rings is 1. The second kappa shape index (κ2) is 7.74. The highest BCUT2D eigenvalue weighted by molar-refractivity contribution is 6.51. The van der Waals surface area contributed by atoms with E-state index in [2.05, 4.69) is 9.97 Å². The molecular weight excluding hydrogens is 414 g/mol. The standard InChI is InChI=1S/C27H23N3O3/c1-15-7-6-8-18(13-15)23-22(24(31)19-12-11-16(2)17(3)14-19)25(32)26(33)30(23)27-28-20-9-4-5-10-21(20)29-27/h4-14,23,31H,1-3H3,(H,28,29)/b24-22+. The van der Waals surface area contributed by atoms with Crippen LogP contribution in [-0.4, -0.2) is 26.8 Å². The summed E-state index contributed by atoms with van der Waals surface area (Å²) in [6, 6.07) is 19.7. The number of carbonyl (C=O) groups excluding carboxylic acids is 2. The number of hydrogen-bond acceptors (Lipinski definition) is 4. The number of carbonyl (C=O) groups is 2. The van der Waals surface area contributed by atoms with Crippen LogP contribution in [0, 0.1) is 20.8 Å². The minimum Gasteiger partial charge on any atom is -0.507 e. The molecule has 1 saturated heterocycles. The molecule has 2 heterocycles. The van der Waals surface area contributed by atoms with Crippen LogP contribution in [0.4, 0.5) is 5.95 Å². The molecule has 0 spiro atoms. The van der Waals surface area contributed by atoms with Crippen LogP contribution in [0.25, 0.3) is 16.8 Å². The van der Waals surface area contributed by atoms with Crippen molar-refractivity contribution in [3.05, 3.63) is 100 Å². The SMILES string of the molecule is Cc1cccc(C2/C(=C(\O)c3ccc(C)c(C)c3)C(=O)C(=O)N2c2nc3ccccc3[nH]2)c1. The zero-order valence-corrected chi connectivity index (χ0v) is 18.6. The van der Waals surface area contributed by atoms with Crippen LogP contribution in [0.2, 0.25) is 0 Å². The number of para-hydroxylation sites is 2. The van der Waals surface area contributed by atoms with Crippen LogP contribution in [0.15, 0.2) is 72.3 Å². The van der Waals surface area contributed by atoms with Gasteiger partial charge in [0.1, 0.15) is 5.76 Å². The number of H-pyrrole nitrogens is 1. The Hall–Kier alpha value is -4.19. The highest BCUT2D eigenvalue weighted by Crippen LogP contribution is 2.42. The van der Waals surface area contributed by atoms with Crippen LogP contribution in [-0.2, 0) is 9.59 Å². The van der Waals surface area contributed by atoms with Gasteiger partial charge >= 0.3 is 5.91 Å². The number of hydrogen-bond donors (Lipinski definition) is 2. The zero-order chi connectivity index (χ0) is 23.3. The Morgan fingerprint density at radius 2 is 1.73 bits per heavy atom. The van der Waals surface area contributed by atoms with Crippen molar-refractivity contribution >= 4 is 34.4 Å². The van der Waals surface area contributed by atoms with Gasteiger partial charge in [0.15, 0.2) is 0 Å². The number of aromatic amines is 1. The lowest BCUT2D eigenvalue weighted by Crippen LogP contribution is -2.30. The Morgan fingerprint density at radius 1 is 0.939 bits per heavy atom. The van der Waals surface area contributed by atoms with Gasteiger partial charge in [-0.05, 0) is 55.7 Å². The van der Waals surface area contributed by atoms with E-state index in [-0.39, 0.29) is 17.3 Å². The van der Waals surface area contributed by atoms with E-state index in [9.17, 15) is 14.7 Å². The van der Waals surface area contributed by atoms with Crippen molar-refractivity contribution in [3.63, 3.8) is 0 Å². The maximum atomic E-state index is 13.3. The molecule has 0 aliphatic carbocycles. The minimum atomic E-state index is -0.813. The van der Waals surface area contributed by atoms with Gasteiger partial charge in [0.2, 0.25) is 5.95 Å². The van der Waals surface area contributed by atoms with E-state index in [4.69, 9.17) is 0 Å². The van der Waals surface area contributed by atoms with Gasteiger partial charge in [-0.2, -0.15) is 0 Å². The molecule has 0 saturated carbocycles. The Labute approximate surface area is 191 Å². The summed E-state index contributed by atoms with van der Waals surface area (Å²) >= 11 is 0. The van der Waals surface area contributed by atoms with E-state index >= 15 is 0 Å². The number of aryl methyl sites for hydroxylation is 3. The van der Waals surface area contributed by atoms with E-state index in [0.29, 0.717) is 11.1 Å². The first-order valence-corrected chi connectivity index (χ1v) is 10.7. The fourth-order valence-corrected chi connectivity index (χ4v) is 4.30. The summed E-state index contributed by atoms with van der Waals surface area (Å²) in [7, 11) is 0. The summed E-state index contributed by atoms with van der Waals surface area (Å²) in [5.74, 6) is -1.39. The van der Waals surface area contributed by atoms with Gasteiger partial charge in [-0.25, -0.2) is 4.98 Å². The molecular formula is C27H23N3O3. The third-order valence-corrected chi connectivity index (χ3v) is 6.19. The number of fused-ring (bicyclic) bond motifs is 1. The minimum absolute atomic E-state index is 0.0503. The smallest absolute Gasteiger partial charge is 0.302 e. The predicted octanol–water partition coefficient (Wildman–Crippen LogP) is 5.11. The number of aliphatic hydroxyl groups is 1. The van der Waals surface area contributed by atoms with E-state index in [0.717, 1.165) is 27.8 Å². The second-order valence-corrected chi connectivity index (χ2v) is 8.46. The number of ketones is 1. The van der Waals surface area contributed by atoms with E-state index in [1.54, 1.807) is 6.07 Å². The number of aliphatic hydroxyl groups excluding tert-OH is 1. The van der Waals surface area contributed by atoms with Crippen LogP contribution in [0.1, 0.15) is 33.9 Å².